The highest BCUT2D eigenvalue weighted by atomic mass is 19.1. The molecule has 0 aliphatic carbocycles. The Morgan fingerprint density at radius 3 is 2.88 bits per heavy atom. The summed E-state index contributed by atoms with van der Waals surface area (Å²) in [7, 11) is 0. The number of piperidine rings is 1. The first-order valence-corrected chi connectivity index (χ1v) is 11.1. The summed E-state index contributed by atoms with van der Waals surface area (Å²) in [5.74, 6) is -0.288. The molecule has 3 aromatic rings. The van der Waals surface area contributed by atoms with Gasteiger partial charge in [-0.25, -0.2) is 9.37 Å². The largest absolute Gasteiger partial charge is 0.373 e. The molecule has 0 radical (unpaired) electrons. The minimum absolute atomic E-state index is 0.0266. The fourth-order valence-electron chi connectivity index (χ4n) is 4.80. The molecule has 1 N–H and O–H groups in total. The van der Waals surface area contributed by atoms with Crippen LogP contribution in [-0.4, -0.2) is 58.7 Å². The summed E-state index contributed by atoms with van der Waals surface area (Å²) in [4.78, 5) is 19.6. The molecule has 2 fully saturated rings. The van der Waals surface area contributed by atoms with Crippen molar-refractivity contribution in [2.45, 2.75) is 31.5 Å². The van der Waals surface area contributed by atoms with Crippen LogP contribution in [0.5, 0.6) is 0 Å². The molecular weight excluding hydrogens is 407 g/mol. The zero-order valence-electron chi connectivity index (χ0n) is 18.1. The first-order valence-electron chi connectivity index (χ1n) is 11.1. The number of nitrogens with one attached hydrogen (secondary N) is 1. The third-order valence-corrected chi connectivity index (χ3v) is 6.56. The molecule has 0 unspecified atom stereocenters. The summed E-state index contributed by atoms with van der Waals surface area (Å²) in [5.41, 5.74) is 3.55. The van der Waals surface area contributed by atoms with Crippen molar-refractivity contribution < 1.29 is 13.9 Å². The number of halogens is 1. The highest BCUT2D eigenvalue weighted by Crippen LogP contribution is 2.31. The summed E-state index contributed by atoms with van der Waals surface area (Å²) in [5, 5.41) is 3.49. The van der Waals surface area contributed by atoms with Crippen LogP contribution in [0.1, 0.15) is 35.4 Å². The van der Waals surface area contributed by atoms with Gasteiger partial charge in [-0.05, 0) is 42.2 Å². The van der Waals surface area contributed by atoms with Crippen LogP contribution in [0, 0.1) is 5.82 Å². The van der Waals surface area contributed by atoms with Gasteiger partial charge in [0.05, 0.1) is 31.3 Å². The van der Waals surface area contributed by atoms with Gasteiger partial charge in [0.2, 0.25) is 0 Å². The van der Waals surface area contributed by atoms with Crippen LogP contribution in [0.4, 0.5) is 4.39 Å². The normalized spacial score (nSPS) is 21.8. The molecule has 32 heavy (non-hydrogen) atoms. The number of carbonyl (C=O) groups is 1. The van der Waals surface area contributed by atoms with Gasteiger partial charge in [-0.3, -0.25) is 4.79 Å². The van der Waals surface area contributed by atoms with E-state index in [1.165, 1.54) is 12.1 Å². The number of aromatic nitrogens is 2. The van der Waals surface area contributed by atoms with Gasteiger partial charge >= 0.3 is 0 Å². The lowest BCUT2D eigenvalue weighted by Crippen LogP contribution is -2.58. The molecule has 166 valence electrons. The van der Waals surface area contributed by atoms with E-state index in [9.17, 15) is 9.18 Å². The van der Waals surface area contributed by atoms with Gasteiger partial charge in [-0.1, -0.05) is 36.4 Å². The van der Waals surface area contributed by atoms with Gasteiger partial charge in [0, 0.05) is 25.7 Å². The number of benzene rings is 2. The molecule has 6 nitrogen and oxygen atoms in total. The Morgan fingerprint density at radius 1 is 1.22 bits per heavy atom. The van der Waals surface area contributed by atoms with Crippen molar-refractivity contribution in [3.8, 4) is 11.1 Å². The lowest BCUT2D eigenvalue weighted by Gasteiger charge is -2.41. The fraction of sp³-hybridized carbons (Fsp3) is 0.360. The Bertz CT molecular complexity index is 1100. The van der Waals surface area contributed by atoms with Gasteiger partial charge in [-0.15, -0.1) is 0 Å². The maximum absolute atomic E-state index is 13.4. The standard InChI is InChI=1S/C25H27FN4O2/c1-17(20-4-2-3-5-21(20)18-6-8-19(26)9-7-18)30-16-27-14-23(30)25(31)29-12-10-22-24(15-29)32-13-11-28-22/h2-9,14,16-17,22,24,28H,10-13,15H2,1H3/t17-,22+,24+/m0/s1. The van der Waals surface area contributed by atoms with Crippen LogP contribution in [0.15, 0.2) is 61.1 Å². The van der Waals surface area contributed by atoms with Crippen molar-refractivity contribution >= 4 is 5.91 Å². The number of ether oxygens (including phenoxy) is 1. The number of hydrogen-bond acceptors (Lipinski definition) is 4. The van der Waals surface area contributed by atoms with E-state index < -0.39 is 0 Å². The third kappa shape index (κ3) is 3.94. The third-order valence-electron chi connectivity index (χ3n) is 6.56. The molecule has 0 spiro atoms. The van der Waals surface area contributed by atoms with Crippen molar-refractivity contribution in [2.75, 3.05) is 26.2 Å². The SMILES string of the molecule is C[C@@H](c1ccccc1-c1ccc(F)cc1)n1cncc1C(=O)N1CC[C@H]2NCCO[C@@H]2C1. The molecule has 2 saturated heterocycles. The smallest absolute Gasteiger partial charge is 0.272 e. The second-order valence-electron chi connectivity index (χ2n) is 8.47. The monoisotopic (exact) mass is 434 g/mol. The maximum Gasteiger partial charge on any atom is 0.272 e. The zero-order valence-corrected chi connectivity index (χ0v) is 18.1. The second-order valence-corrected chi connectivity index (χ2v) is 8.47. The fourth-order valence-corrected chi connectivity index (χ4v) is 4.80. The van der Waals surface area contributed by atoms with Crippen LogP contribution >= 0.6 is 0 Å². The van der Waals surface area contributed by atoms with E-state index in [1.54, 1.807) is 24.7 Å². The van der Waals surface area contributed by atoms with E-state index in [0.29, 0.717) is 31.4 Å². The summed E-state index contributed by atoms with van der Waals surface area (Å²) in [6.07, 6.45) is 4.28. The van der Waals surface area contributed by atoms with Gasteiger partial charge in [0.15, 0.2) is 0 Å². The number of imidazole rings is 1. The number of amides is 1. The van der Waals surface area contributed by atoms with E-state index in [4.69, 9.17) is 4.74 Å². The summed E-state index contributed by atoms with van der Waals surface area (Å²) < 4.78 is 21.3. The highest BCUT2D eigenvalue weighted by molar-refractivity contribution is 5.92. The van der Waals surface area contributed by atoms with Crippen molar-refractivity contribution in [1.82, 2.24) is 19.8 Å². The van der Waals surface area contributed by atoms with Crippen molar-refractivity contribution in [3.63, 3.8) is 0 Å². The molecule has 1 amide bonds. The molecule has 0 saturated carbocycles. The molecule has 3 heterocycles. The summed E-state index contributed by atoms with van der Waals surface area (Å²) >= 11 is 0. The number of likely N-dealkylation sites (tertiary alicyclic amines) is 1. The minimum atomic E-state index is -0.261. The Balaban J connectivity index is 1.41. The lowest BCUT2D eigenvalue weighted by molar-refractivity contribution is -0.0417. The van der Waals surface area contributed by atoms with Gasteiger partial charge in [-0.2, -0.15) is 0 Å². The van der Waals surface area contributed by atoms with E-state index in [0.717, 1.165) is 29.7 Å². The van der Waals surface area contributed by atoms with Crippen molar-refractivity contribution in [2.24, 2.45) is 0 Å². The van der Waals surface area contributed by atoms with Crippen molar-refractivity contribution in [3.05, 3.63) is 78.1 Å². The predicted octanol–water partition coefficient (Wildman–Crippen LogP) is 3.50. The molecule has 5 rings (SSSR count). The highest BCUT2D eigenvalue weighted by Gasteiger charge is 2.35. The topological polar surface area (TPSA) is 59.4 Å². The average molecular weight is 435 g/mol. The molecule has 2 aliphatic rings. The second kappa shape index (κ2) is 8.84. The molecular formula is C25H27FN4O2. The summed E-state index contributed by atoms with van der Waals surface area (Å²) in [6.45, 7) is 4.89. The van der Waals surface area contributed by atoms with Crippen LogP contribution in [0.3, 0.4) is 0 Å². The Hall–Kier alpha value is -3.03. The number of rotatable bonds is 4. The molecule has 1 aromatic heterocycles. The predicted molar refractivity (Wildman–Crippen MR) is 120 cm³/mol. The number of fused-ring (bicyclic) bond motifs is 1. The molecule has 0 bridgehead atoms. The van der Waals surface area contributed by atoms with Crippen LogP contribution in [-0.2, 0) is 4.74 Å². The van der Waals surface area contributed by atoms with E-state index in [-0.39, 0.29) is 23.9 Å². The maximum atomic E-state index is 13.4. The number of nitrogens with zero attached hydrogens (tertiary/aromatic N) is 3. The van der Waals surface area contributed by atoms with E-state index in [1.807, 2.05) is 33.7 Å². The first kappa shape index (κ1) is 20.8. The van der Waals surface area contributed by atoms with Crippen LogP contribution in [0.2, 0.25) is 0 Å². The van der Waals surface area contributed by atoms with E-state index >= 15 is 0 Å². The van der Waals surface area contributed by atoms with Crippen LogP contribution in [0.25, 0.3) is 11.1 Å². The van der Waals surface area contributed by atoms with Gasteiger partial charge in [0.25, 0.3) is 5.91 Å². The Kier molecular flexibility index (Phi) is 5.76. The van der Waals surface area contributed by atoms with Crippen molar-refractivity contribution in [1.29, 1.82) is 0 Å². The average Bonchev–Trinajstić information content (AvgIpc) is 3.33. The van der Waals surface area contributed by atoms with E-state index in [2.05, 4.69) is 17.2 Å². The zero-order chi connectivity index (χ0) is 22.1. The van der Waals surface area contributed by atoms with Crippen LogP contribution < -0.4 is 5.32 Å². The lowest BCUT2D eigenvalue weighted by atomic mass is 9.95. The number of carbonyl (C=O) groups excluding carboxylic acids is 1. The minimum Gasteiger partial charge on any atom is -0.373 e. The molecule has 2 aromatic carbocycles. The molecule has 2 aliphatic heterocycles. The first-order chi connectivity index (χ1) is 15.6. The number of morpholine rings is 1. The summed E-state index contributed by atoms with van der Waals surface area (Å²) in [6, 6.07) is 14.7. The van der Waals surface area contributed by atoms with Gasteiger partial charge < -0.3 is 19.5 Å². The molecule has 7 heteroatoms. The quantitative estimate of drug-likeness (QED) is 0.683. The van der Waals surface area contributed by atoms with Gasteiger partial charge in [0.1, 0.15) is 11.5 Å². The Morgan fingerprint density at radius 2 is 2.03 bits per heavy atom. The number of hydrogen-bond donors (Lipinski definition) is 1. The molecule has 3 atom stereocenters. The Labute approximate surface area is 187 Å².